The first-order valence-electron chi connectivity index (χ1n) is 8.90. The van der Waals surface area contributed by atoms with Crippen LogP contribution in [0.1, 0.15) is 71.1 Å². The first-order valence-corrected chi connectivity index (χ1v) is 8.90. The van der Waals surface area contributed by atoms with E-state index < -0.39 is 0 Å². The zero-order valence-electron chi connectivity index (χ0n) is 13.6. The molecule has 2 N–H and O–H groups in total. The molecule has 0 aromatic heterocycles. The standard InChI is InChI=1S/C17H36N2O/c1-2-3-4-5-6-7-8-9-10-11-12-19-13-14-20-17(15-18)16-19/h17H,2-16,18H2,1H3. The highest BCUT2D eigenvalue weighted by molar-refractivity contribution is 4.71. The van der Waals surface area contributed by atoms with E-state index in [4.69, 9.17) is 10.5 Å². The topological polar surface area (TPSA) is 38.5 Å². The van der Waals surface area contributed by atoms with E-state index in [0.717, 1.165) is 19.7 Å². The minimum atomic E-state index is 0.270. The van der Waals surface area contributed by atoms with Crippen LogP contribution in [0.15, 0.2) is 0 Å². The SMILES string of the molecule is CCCCCCCCCCCCN1CCOC(CN)C1. The summed E-state index contributed by atoms with van der Waals surface area (Å²) < 4.78 is 5.59. The molecule has 120 valence electrons. The van der Waals surface area contributed by atoms with Crippen LogP contribution in [0.4, 0.5) is 0 Å². The zero-order valence-corrected chi connectivity index (χ0v) is 13.6. The van der Waals surface area contributed by atoms with Crippen LogP contribution in [0.3, 0.4) is 0 Å². The summed E-state index contributed by atoms with van der Waals surface area (Å²) in [6, 6.07) is 0. The lowest BCUT2D eigenvalue weighted by molar-refractivity contribution is -0.0235. The van der Waals surface area contributed by atoms with Crippen LogP contribution < -0.4 is 5.73 Å². The first-order chi connectivity index (χ1) is 9.86. The fraction of sp³-hybridized carbons (Fsp3) is 1.00. The predicted octanol–water partition coefficient (Wildman–Crippen LogP) is 3.57. The number of nitrogens with two attached hydrogens (primary N) is 1. The summed E-state index contributed by atoms with van der Waals surface area (Å²) in [6.45, 7) is 7.16. The van der Waals surface area contributed by atoms with E-state index >= 15 is 0 Å². The molecule has 1 atom stereocenters. The van der Waals surface area contributed by atoms with Crippen molar-refractivity contribution in [3.63, 3.8) is 0 Å². The summed E-state index contributed by atoms with van der Waals surface area (Å²) in [5.74, 6) is 0. The van der Waals surface area contributed by atoms with E-state index in [0.29, 0.717) is 6.54 Å². The first kappa shape index (κ1) is 17.9. The molecular weight excluding hydrogens is 248 g/mol. The molecule has 1 unspecified atom stereocenters. The Morgan fingerprint density at radius 2 is 1.55 bits per heavy atom. The van der Waals surface area contributed by atoms with Crippen LogP contribution in [0, 0.1) is 0 Å². The van der Waals surface area contributed by atoms with Crippen molar-refractivity contribution in [1.82, 2.24) is 4.90 Å². The Hall–Kier alpha value is -0.120. The van der Waals surface area contributed by atoms with Gasteiger partial charge in [0.2, 0.25) is 0 Å². The molecule has 1 aliphatic rings. The molecular formula is C17H36N2O. The molecule has 0 aromatic carbocycles. The third kappa shape index (κ3) is 8.93. The van der Waals surface area contributed by atoms with E-state index in [2.05, 4.69) is 11.8 Å². The average molecular weight is 284 g/mol. The highest BCUT2D eigenvalue weighted by atomic mass is 16.5. The second-order valence-corrected chi connectivity index (χ2v) is 6.21. The van der Waals surface area contributed by atoms with Gasteiger partial charge in [-0.2, -0.15) is 0 Å². The molecule has 0 aromatic rings. The quantitative estimate of drug-likeness (QED) is 0.557. The van der Waals surface area contributed by atoms with Gasteiger partial charge in [0.15, 0.2) is 0 Å². The maximum Gasteiger partial charge on any atom is 0.0824 e. The number of rotatable bonds is 12. The molecule has 0 saturated carbocycles. The third-order valence-corrected chi connectivity index (χ3v) is 4.31. The Balaban J connectivity index is 1.82. The summed E-state index contributed by atoms with van der Waals surface area (Å²) >= 11 is 0. The lowest BCUT2D eigenvalue weighted by atomic mass is 10.1. The Morgan fingerprint density at radius 1 is 0.950 bits per heavy atom. The normalized spacial score (nSPS) is 20.4. The number of morpholine rings is 1. The molecule has 1 saturated heterocycles. The zero-order chi connectivity index (χ0) is 14.5. The summed E-state index contributed by atoms with van der Waals surface area (Å²) in [4.78, 5) is 2.52. The maximum absolute atomic E-state index is 5.67. The van der Waals surface area contributed by atoms with Gasteiger partial charge in [0.05, 0.1) is 12.7 Å². The van der Waals surface area contributed by atoms with Gasteiger partial charge in [0.1, 0.15) is 0 Å². The molecule has 0 bridgehead atoms. The smallest absolute Gasteiger partial charge is 0.0824 e. The molecule has 20 heavy (non-hydrogen) atoms. The molecule has 3 nitrogen and oxygen atoms in total. The van der Waals surface area contributed by atoms with Crippen molar-refractivity contribution in [3.05, 3.63) is 0 Å². The maximum atomic E-state index is 5.67. The highest BCUT2D eigenvalue weighted by Crippen LogP contribution is 2.11. The van der Waals surface area contributed by atoms with Crippen molar-refractivity contribution >= 4 is 0 Å². The minimum Gasteiger partial charge on any atom is -0.374 e. The molecule has 1 rings (SSSR count). The van der Waals surface area contributed by atoms with Crippen LogP contribution in [-0.4, -0.2) is 43.8 Å². The van der Waals surface area contributed by atoms with E-state index in [-0.39, 0.29) is 6.10 Å². The number of ether oxygens (including phenoxy) is 1. The van der Waals surface area contributed by atoms with Gasteiger partial charge in [0.25, 0.3) is 0 Å². The molecule has 1 heterocycles. The number of nitrogens with zero attached hydrogens (tertiary/aromatic N) is 1. The van der Waals surface area contributed by atoms with E-state index in [1.165, 1.54) is 70.8 Å². The summed E-state index contributed by atoms with van der Waals surface area (Å²) in [6.07, 6.45) is 14.4. The monoisotopic (exact) mass is 284 g/mol. The summed E-state index contributed by atoms with van der Waals surface area (Å²) in [5.41, 5.74) is 5.67. The number of hydrogen-bond donors (Lipinski definition) is 1. The van der Waals surface area contributed by atoms with Crippen LogP contribution in [0.25, 0.3) is 0 Å². The van der Waals surface area contributed by atoms with Crippen LogP contribution in [-0.2, 0) is 4.74 Å². The molecule has 3 heteroatoms. The lowest BCUT2D eigenvalue weighted by Crippen LogP contribution is -2.45. The predicted molar refractivity (Wildman–Crippen MR) is 87.1 cm³/mol. The molecule has 1 aliphatic heterocycles. The number of hydrogen-bond acceptors (Lipinski definition) is 3. The Labute approximate surface area is 126 Å². The van der Waals surface area contributed by atoms with Gasteiger partial charge < -0.3 is 10.5 Å². The molecule has 0 radical (unpaired) electrons. The van der Waals surface area contributed by atoms with Crippen LogP contribution in [0.5, 0.6) is 0 Å². The molecule has 0 aliphatic carbocycles. The van der Waals surface area contributed by atoms with Crippen molar-refractivity contribution in [2.75, 3.05) is 32.8 Å². The van der Waals surface area contributed by atoms with Gasteiger partial charge in [-0.05, 0) is 13.0 Å². The Bertz CT molecular complexity index is 211. The van der Waals surface area contributed by atoms with Crippen LogP contribution >= 0.6 is 0 Å². The number of unbranched alkanes of at least 4 members (excludes halogenated alkanes) is 9. The van der Waals surface area contributed by atoms with Gasteiger partial charge in [-0.3, -0.25) is 4.90 Å². The molecule has 1 fully saturated rings. The Kier molecular flexibility index (Phi) is 11.3. The fourth-order valence-corrected chi connectivity index (χ4v) is 2.95. The van der Waals surface area contributed by atoms with E-state index in [1.807, 2.05) is 0 Å². The van der Waals surface area contributed by atoms with Gasteiger partial charge in [-0.15, -0.1) is 0 Å². The second kappa shape index (κ2) is 12.6. The van der Waals surface area contributed by atoms with Gasteiger partial charge in [0, 0.05) is 19.6 Å². The van der Waals surface area contributed by atoms with Crippen molar-refractivity contribution in [3.8, 4) is 0 Å². The van der Waals surface area contributed by atoms with Gasteiger partial charge >= 0.3 is 0 Å². The fourth-order valence-electron chi connectivity index (χ4n) is 2.95. The third-order valence-electron chi connectivity index (χ3n) is 4.31. The lowest BCUT2D eigenvalue weighted by Gasteiger charge is -2.32. The van der Waals surface area contributed by atoms with Crippen LogP contribution in [0.2, 0.25) is 0 Å². The van der Waals surface area contributed by atoms with E-state index in [1.54, 1.807) is 0 Å². The van der Waals surface area contributed by atoms with E-state index in [9.17, 15) is 0 Å². The van der Waals surface area contributed by atoms with Crippen molar-refractivity contribution in [1.29, 1.82) is 0 Å². The van der Waals surface area contributed by atoms with Crippen molar-refractivity contribution < 1.29 is 4.74 Å². The Morgan fingerprint density at radius 3 is 2.15 bits per heavy atom. The van der Waals surface area contributed by atoms with Crippen molar-refractivity contribution in [2.24, 2.45) is 5.73 Å². The van der Waals surface area contributed by atoms with Gasteiger partial charge in [-0.1, -0.05) is 64.7 Å². The molecule has 0 amide bonds. The largest absolute Gasteiger partial charge is 0.374 e. The highest BCUT2D eigenvalue weighted by Gasteiger charge is 2.18. The summed E-state index contributed by atoms with van der Waals surface area (Å²) in [7, 11) is 0. The van der Waals surface area contributed by atoms with Crippen molar-refractivity contribution in [2.45, 2.75) is 77.2 Å². The summed E-state index contributed by atoms with van der Waals surface area (Å²) in [5, 5.41) is 0. The average Bonchev–Trinajstić information content (AvgIpc) is 2.49. The molecule has 0 spiro atoms. The second-order valence-electron chi connectivity index (χ2n) is 6.21. The minimum absolute atomic E-state index is 0.270. The van der Waals surface area contributed by atoms with Gasteiger partial charge in [-0.25, -0.2) is 0 Å².